The van der Waals surface area contributed by atoms with Gasteiger partial charge in [-0.1, -0.05) is 26.0 Å². The van der Waals surface area contributed by atoms with Gasteiger partial charge in [-0.3, -0.25) is 4.79 Å². The molecule has 0 bridgehead atoms. The lowest BCUT2D eigenvalue weighted by molar-refractivity contribution is -0.121. The van der Waals surface area contributed by atoms with Crippen molar-refractivity contribution in [2.24, 2.45) is 0 Å². The Morgan fingerprint density at radius 1 is 1.40 bits per heavy atom. The number of hydrogen-bond acceptors (Lipinski definition) is 2. The molecular weight excluding hydrogens is 190 g/mol. The van der Waals surface area contributed by atoms with Crippen molar-refractivity contribution in [3.8, 4) is 5.75 Å². The Morgan fingerprint density at radius 2 is 2.13 bits per heavy atom. The van der Waals surface area contributed by atoms with E-state index in [9.17, 15) is 4.79 Å². The van der Waals surface area contributed by atoms with E-state index in [-0.39, 0.29) is 12.5 Å². The predicted molar refractivity (Wildman–Crippen MR) is 59.4 cm³/mol. The Balaban J connectivity index is 2.57. The smallest absolute Gasteiger partial charge is 0.264 e. The zero-order chi connectivity index (χ0) is 11.0. The fourth-order valence-corrected chi connectivity index (χ4v) is 1.84. The average Bonchev–Trinajstić information content (AvgIpc) is 2.23. The van der Waals surface area contributed by atoms with E-state index in [2.05, 4.69) is 13.8 Å². The molecule has 0 unspecified atom stereocenters. The maximum Gasteiger partial charge on any atom is 0.264 e. The highest BCUT2D eigenvalue weighted by atomic mass is 16.5. The van der Waals surface area contributed by atoms with E-state index in [1.165, 1.54) is 0 Å². The summed E-state index contributed by atoms with van der Waals surface area (Å²) >= 11 is 0. The Morgan fingerprint density at radius 3 is 2.80 bits per heavy atom. The lowest BCUT2D eigenvalue weighted by Gasteiger charge is -2.29. The topological polar surface area (TPSA) is 29.5 Å². The van der Waals surface area contributed by atoms with Crippen molar-refractivity contribution in [3.05, 3.63) is 23.8 Å². The number of fused-ring (bicyclic) bond motifs is 1. The Bertz CT molecular complexity index is 399. The number of benzene rings is 1. The van der Waals surface area contributed by atoms with E-state index < -0.39 is 0 Å². The summed E-state index contributed by atoms with van der Waals surface area (Å²) in [7, 11) is 1.80. The second-order valence-electron chi connectivity index (χ2n) is 4.09. The molecule has 80 valence electrons. The maximum atomic E-state index is 11.5. The van der Waals surface area contributed by atoms with Gasteiger partial charge < -0.3 is 9.64 Å². The molecule has 1 aromatic carbocycles. The second-order valence-corrected chi connectivity index (χ2v) is 4.09. The van der Waals surface area contributed by atoms with E-state index in [0.717, 1.165) is 17.0 Å². The molecule has 0 saturated heterocycles. The summed E-state index contributed by atoms with van der Waals surface area (Å²) in [6.07, 6.45) is 0. The van der Waals surface area contributed by atoms with E-state index >= 15 is 0 Å². The number of ether oxygens (including phenoxy) is 1. The summed E-state index contributed by atoms with van der Waals surface area (Å²) in [4.78, 5) is 13.2. The van der Waals surface area contributed by atoms with Gasteiger partial charge in [0.25, 0.3) is 5.91 Å². The van der Waals surface area contributed by atoms with Crippen molar-refractivity contribution in [1.29, 1.82) is 0 Å². The van der Waals surface area contributed by atoms with E-state index in [0.29, 0.717) is 5.92 Å². The normalized spacial score (nSPS) is 15.2. The molecule has 0 aromatic heterocycles. The summed E-state index contributed by atoms with van der Waals surface area (Å²) in [5.74, 6) is 1.20. The molecule has 1 heterocycles. The fourth-order valence-electron chi connectivity index (χ4n) is 1.84. The van der Waals surface area contributed by atoms with Crippen molar-refractivity contribution >= 4 is 11.6 Å². The first-order chi connectivity index (χ1) is 7.11. The largest absolute Gasteiger partial charge is 0.482 e. The number of carbonyl (C=O) groups excluding carboxylic acids is 1. The van der Waals surface area contributed by atoms with Crippen molar-refractivity contribution in [2.75, 3.05) is 18.6 Å². The Kier molecular flexibility index (Phi) is 2.39. The summed E-state index contributed by atoms with van der Waals surface area (Å²) in [5, 5.41) is 0. The number of carbonyl (C=O) groups is 1. The van der Waals surface area contributed by atoms with Gasteiger partial charge in [0, 0.05) is 7.05 Å². The first-order valence-electron chi connectivity index (χ1n) is 5.13. The molecule has 2 rings (SSSR count). The van der Waals surface area contributed by atoms with Gasteiger partial charge in [-0.2, -0.15) is 0 Å². The summed E-state index contributed by atoms with van der Waals surface area (Å²) in [5.41, 5.74) is 2.08. The van der Waals surface area contributed by atoms with Crippen LogP contribution in [0.4, 0.5) is 5.69 Å². The molecule has 0 fully saturated rings. The molecule has 3 heteroatoms. The van der Waals surface area contributed by atoms with Crippen LogP contribution in [0.2, 0.25) is 0 Å². The van der Waals surface area contributed by atoms with Crippen LogP contribution in [-0.4, -0.2) is 19.6 Å². The maximum absolute atomic E-state index is 11.5. The number of hydrogen-bond donors (Lipinski definition) is 0. The molecule has 3 nitrogen and oxygen atoms in total. The van der Waals surface area contributed by atoms with Crippen LogP contribution in [0.25, 0.3) is 0 Å². The van der Waals surface area contributed by atoms with E-state index in [4.69, 9.17) is 4.74 Å². The molecule has 0 saturated carbocycles. The number of anilines is 1. The zero-order valence-electron chi connectivity index (χ0n) is 9.28. The van der Waals surface area contributed by atoms with Gasteiger partial charge in [-0.05, 0) is 17.5 Å². The second kappa shape index (κ2) is 3.57. The van der Waals surface area contributed by atoms with Crippen LogP contribution < -0.4 is 9.64 Å². The van der Waals surface area contributed by atoms with Crippen molar-refractivity contribution in [2.45, 2.75) is 19.8 Å². The average molecular weight is 205 g/mol. The summed E-state index contributed by atoms with van der Waals surface area (Å²) < 4.78 is 5.41. The van der Waals surface area contributed by atoms with Gasteiger partial charge in [0.15, 0.2) is 6.61 Å². The minimum atomic E-state index is 0.00981. The number of rotatable bonds is 1. The molecule has 0 N–H and O–H groups in total. The summed E-state index contributed by atoms with van der Waals surface area (Å²) in [6, 6.07) is 5.92. The predicted octanol–water partition coefficient (Wildman–Crippen LogP) is 2.17. The van der Waals surface area contributed by atoms with Crippen molar-refractivity contribution < 1.29 is 9.53 Å². The van der Waals surface area contributed by atoms with E-state index in [1.54, 1.807) is 11.9 Å². The van der Waals surface area contributed by atoms with Crippen LogP contribution in [0.3, 0.4) is 0 Å². The minimum absolute atomic E-state index is 0.00981. The van der Waals surface area contributed by atoms with Crippen LogP contribution in [0.1, 0.15) is 25.3 Å². The molecule has 1 amide bonds. The number of para-hydroxylation sites is 1. The monoisotopic (exact) mass is 205 g/mol. The third kappa shape index (κ3) is 1.58. The number of amides is 1. The first kappa shape index (κ1) is 10.0. The van der Waals surface area contributed by atoms with Gasteiger partial charge in [0.2, 0.25) is 0 Å². The van der Waals surface area contributed by atoms with Crippen LogP contribution in [0.15, 0.2) is 18.2 Å². The minimum Gasteiger partial charge on any atom is -0.482 e. The SMILES string of the molecule is CC(C)c1cccc2c1N(C)C(=O)CO2. The van der Waals surface area contributed by atoms with Gasteiger partial charge in [0.05, 0.1) is 5.69 Å². The Hall–Kier alpha value is -1.51. The third-order valence-corrected chi connectivity index (χ3v) is 2.71. The highest BCUT2D eigenvalue weighted by Gasteiger charge is 2.25. The van der Waals surface area contributed by atoms with E-state index in [1.807, 2.05) is 18.2 Å². The standard InChI is InChI=1S/C12H15NO2/c1-8(2)9-5-4-6-10-12(9)13(3)11(14)7-15-10/h4-6,8H,7H2,1-3H3. The lowest BCUT2D eigenvalue weighted by Crippen LogP contribution is -2.36. The molecule has 1 aliphatic rings. The van der Waals surface area contributed by atoms with Gasteiger partial charge in [0.1, 0.15) is 5.75 Å². The molecule has 0 spiro atoms. The van der Waals surface area contributed by atoms with Gasteiger partial charge in [-0.25, -0.2) is 0 Å². The van der Waals surface area contributed by atoms with Gasteiger partial charge >= 0.3 is 0 Å². The van der Waals surface area contributed by atoms with Crippen molar-refractivity contribution in [3.63, 3.8) is 0 Å². The highest BCUT2D eigenvalue weighted by Crippen LogP contribution is 2.37. The lowest BCUT2D eigenvalue weighted by atomic mass is 9.99. The number of likely N-dealkylation sites (N-methyl/N-ethyl adjacent to an activating group) is 1. The van der Waals surface area contributed by atoms with Crippen LogP contribution in [0, 0.1) is 0 Å². The molecule has 0 aliphatic carbocycles. The molecule has 1 aromatic rings. The van der Waals surface area contributed by atoms with Crippen LogP contribution in [-0.2, 0) is 4.79 Å². The fraction of sp³-hybridized carbons (Fsp3) is 0.417. The van der Waals surface area contributed by atoms with Crippen LogP contribution in [0.5, 0.6) is 5.75 Å². The quantitative estimate of drug-likeness (QED) is 0.703. The first-order valence-corrected chi connectivity index (χ1v) is 5.13. The van der Waals surface area contributed by atoms with Crippen molar-refractivity contribution in [1.82, 2.24) is 0 Å². The molecule has 1 aliphatic heterocycles. The summed E-state index contributed by atoms with van der Waals surface area (Å²) in [6.45, 7) is 4.37. The molecule has 0 radical (unpaired) electrons. The molecule has 15 heavy (non-hydrogen) atoms. The Labute approximate surface area is 89.7 Å². The van der Waals surface area contributed by atoms with Crippen LogP contribution >= 0.6 is 0 Å². The van der Waals surface area contributed by atoms with Gasteiger partial charge in [-0.15, -0.1) is 0 Å². The molecular formula is C12H15NO2. The zero-order valence-corrected chi connectivity index (χ0v) is 9.28. The highest BCUT2D eigenvalue weighted by molar-refractivity contribution is 5.98. The number of nitrogens with zero attached hydrogens (tertiary/aromatic N) is 1. The molecule has 0 atom stereocenters. The third-order valence-electron chi connectivity index (χ3n) is 2.71.